The van der Waals surface area contributed by atoms with Crippen LogP contribution < -0.4 is 5.32 Å². The number of amides is 1. The second kappa shape index (κ2) is 7.44. The molecule has 5 heteroatoms. The molecule has 0 aliphatic carbocycles. The number of hydrogen-bond donors (Lipinski definition) is 2. The number of carbonyl (C=O) groups excluding carboxylic acids is 1. The van der Waals surface area contributed by atoms with E-state index in [9.17, 15) is 4.79 Å². The van der Waals surface area contributed by atoms with E-state index in [-0.39, 0.29) is 18.4 Å². The van der Waals surface area contributed by atoms with Crippen molar-refractivity contribution in [1.29, 1.82) is 0 Å². The lowest BCUT2D eigenvalue weighted by Gasteiger charge is -2.09. The maximum Gasteiger partial charge on any atom is 0.267 e. The monoisotopic (exact) mass is 272 g/mol. The molecule has 0 saturated carbocycles. The van der Waals surface area contributed by atoms with Crippen LogP contribution in [0, 0.1) is 5.92 Å². The summed E-state index contributed by atoms with van der Waals surface area (Å²) >= 11 is 5.88. The normalized spacial score (nSPS) is 12.4. The van der Waals surface area contributed by atoms with Crippen LogP contribution in [0.1, 0.15) is 37.2 Å². The highest BCUT2D eigenvalue weighted by Gasteiger charge is 2.11. The van der Waals surface area contributed by atoms with Gasteiger partial charge in [-0.15, -0.1) is 0 Å². The third kappa shape index (κ3) is 4.35. The Kier molecular flexibility index (Phi) is 6.22. The number of nitrogens with one attached hydrogen (secondary N) is 1. The molecule has 1 rings (SSSR count). The summed E-state index contributed by atoms with van der Waals surface area (Å²) in [6.45, 7) is 5.49. The van der Waals surface area contributed by atoms with E-state index < -0.39 is 0 Å². The molecule has 2 N–H and O–H groups in total. The smallest absolute Gasteiger partial charge is 0.267 e. The third-order valence-corrected chi connectivity index (χ3v) is 3.11. The molecule has 1 atom stereocenters. The molecule has 0 radical (unpaired) electrons. The van der Waals surface area contributed by atoms with Crippen LogP contribution in [0.2, 0.25) is 5.02 Å². The number of halogens is 1. The Morgan fingerprint density at radius 3 is 2.94 bits per heavy atom. The fourth-order valence-electron chi connectivity index (χ4n) is 1.76. The van der Waals surface area contributed by atoms with Gasteiger partial charge in [-0.2, -0.15) is 0 Å². The number of aromatic nitrogens is 1. The molecule has 0 saturated heterocycles. The van der Waals surface area contributed by atoms with E-state index in [1.165, 1.54) is 0 Å². The Hall–Kier alpha value is -1.00. The van der Waals surface area contributed by atoms with Crippen LogP contribution in [0.4, 0.5) is 0 Å². The molecule has 1 unspecified atom stereocenters. The molecular formula is C13H21ClN2O2. The Morgan fingerprint density at radius 2 is 2.33 bits per heavy atom. The quantitative estimate of drug-likeness (QED) is 0.749. The van der Waals surface area contributed by atoms with Gasteiger partial charge in [0, 0.05) is 25.9 Å². The summed E-state index contributed by atoms with van der Waals surface area (Å²) < 4.78 is 1.83. The van der Waals surface area contributed by atoms with Crippen molar-refractivity contribution >= 4 is 17.5 Å². The first-order valence-corrected chi connectivity index (χ1v) is 6.71. The van der Waals surface area contributed by atoms with E-state index >= 15 is 0 Å². The molecule has 0 aliphatic rings. The Labute approximate surface area is 113 Å². The first-order chi connectivity index (χ1) is 8.58. The molecule has 0 fully saturated rings. The zero-order valence-electron chi connectivity index (χ0n) is 10.9. The second-order valence-electron chi connectivity index (χ2n) is 4.52. The van der Waals surface area contributed by atoms with Gasteiger partial charge in [-0.25, -0.2) is 0 Å². The van der Waals surface area contributed by atoms with Crippen molar-refractivity contribution in [3.8, 4) is 0 Å². The summed E-state index contributed by atoms with van der Waals surface area (Å²) in [5, 5.41) is 12.3. The summed E-state index contributed by atoms with van der Waals surface area (Å²) in [4.78, 5) is 11.9. The van der Waals surface area contributed by atoms with Crippen LogP contribution in [0.15, 0.2) is 12.3 Å². The minimum atomic E-state index is -0.0969. The predicted molar refractivity (Wildman–Crippen MR) is 72.9 cm³/mol. The first-order valence-electron chi connectivity index (χ1n) is 6.33. The van der Waals surface area contributed by atoms with Crippen molar-refractivity contribution in [2.45, 2.75) is 33.2 Å². The molecule has 0 spiro atoms. The largest absolute Gasteiger partial charge is 0.396 e. The minimum absolute atomic E-state index is 0.0969. The summed E-state index contributed by atoms with van der Waals surface area (Å²) in [5.41, 5.74) is 0.595. The van der Waals surface area contributed by atoms with Crippen molar-refractivity contribution in [1.82, 2.24) is 9.88 Å². The molecule has 102 valence electrons. The molecule has 0 aliphatic heterocycles. The summed E-state index contributed by atoms with van der Waals surface area (Å²) in [7, 11) is 0. The average Bonchev–Trinajstić information content (AvgIpc) is 2.75. The van der Waals surface area contributed by atoms with Gasteiger partial charge in [0.2, 0.25) is 0 Å². The summed E-state index contributed by atoms with van der Waals surface area (Å²) in [5.74, 6) is 0.191. The molecule has 1 heterocycles. The number of aryl methyl sites for hydroxylation is 1. The lowest BCUT2D eigenvalue weighted by atomic mass is 10.1. The van der Waals surface area contributed by atoms with Gasteiger partial charge in [-0.3, -0.25) is 4.79 Å². The maximum atomic E-state index is 11.9. The molecule has 1 amide bonds. The van der Waals surface area contributed by atoms with E-state index in [1.807, 2.05) is 18.4 Å². The van der Waals surface area contributed by atoms with E-state index in [4.69, 9.17) is 16.7 Å². The Morgan fingerprint density at radius 1 is 1.61 bits per heavy atom. The highest BCUT2D eigenvalue weighted by atomic mass is 35.5. The maximum absolute atomic E-state index is 11.9. The van der Waals surface area contributed by atoms with Crippen molar-refractivity contribution in [2.24, 2.45) is 5.92 Å². The zero-order chi connectivity index (χ0) is 13.5. The standard InChI is InChI=1S/C13H21ClN2O2/c1-3-16-8-11(14)7-12(16)13(18)15-6-4-5-10(2)9-17/h7-8,10,17H,3-6,9H2,1-2H3,(H,15,18). The van der Waals surface area contributed by atoms with Crippen molar-refractivity contribution in [3.05, 3.63) is 23.0 Å². The number of aliphatic hydroxyl groups excluding tert-OH is 1. The number of nitrogens with zero attached hydrogens (tertiary/aromatic N) is 1. The molecule has 1 aromatic rings. The predicted octanol–water partition coefficient (Wildman–Crippen LogP) is 2.30. The fourth-order valence-corrected chi connectivity index (χ4v) is 1.98. The Bertz CT molecular complexity index is 390. The van der Waals surface area contributed by atoms with Crippen molar-refractivity contribution in [3.63, 3.8) is 0 Å². The lowest BCUT2D eigenvalue weighted by Crippen LogP contribution is -2.27. The van der Waals surface area contributed by atoms with Gasteiger partial charge in [0.25, 0.3) is 5.91 Å². The molecule has 1 aromatic heterocycles. The lowest BCUT2D eigenvalue weighted by molar-refractivity contribution is 0.0943. The van der Waals surface area contributed by atoms with Gasteiger partial charge < -0.3 is 15.0 Å². The van der Waals surface area contributed by atoms with E-state index in [2.05, 4.69) is 5.32 Å². The van der Waals surface area contributed by atoms with Crippen LogP contribution >= 0.6 is 11.6 Å². The van der Waals surface area contributed by atoms with E-state index in [0.29, 0.717) is 17.3 Å². The van der Waals surface area contributed by atoms with Crippen LogP contribution in [-0.4, -0.2) is 28.7 Å². The number of hydrogen-bond acceptors (Lipinski definition) is 2. The SMILES string of the molecule is CCn1cc(Cl)cc1C(=O)NCCCC(C)CO. The number of rotatable bonds is 7. The van der Waals surface area contributed by atoms with Gasteiger partial charge in [0.15, 0.2) is 0 Å². The van der Waals surface area contributed by atoms with Crippen LogP contribution in [0.5, 0.6) is 0 Å². The highest BCUT2D eigenvalue weighted by molar-refractivity contribution is 6.31. The summed E-state index contributed by atoms with van der Waals surface area (Å²) in [6.07, 6.45) is 3.53. The van der Waals surface area contributed by atoms with Crippen LogP contribution in [0.3, 0.4) is 0 Å². The molecule has 0 aromatic carbocycles. The van der Waals surface area contributed by atoms with Gasteiger partial charge >= 0.3 is 0 Å². The molecule has 18 heavy (non-hydrogen) atoms. The van der Waals surface area contributed by atoms with E-state index in [1.54, 1.807) is 12.3 Å². The number of carbonyl (C=O) groups is 1. The summed E-state index contributed by atoms with van der Waals surface area (Å²) in [6, 6.07) is 1.68. The van der Waals surface area contributed by atoms with Crippen LogP contribution in [0.25, 0.3) is 0 Å². The van der Waals surface area contributed by atoms with Crippen molar-refractivity contribution < 1.29 is 9.90 Å². The first kappa shape index (κ1) is 15.1. The zero-order valence-corrected chi connectivity index (χ0v) is 11.7. The minimum Gasteiger partial charge on any atom is -0.396 e. The molecular weight excluding hydrogens is 252 g/mol. The van der Waals surface area contributed by atoms with Gasteiger partial charge in [0.1, 0.15) is 5.69 Å². The molecule has 0 bridgehead atoms. The van der Waals surface area contributed by atoms with Crippen molar-refractivity contribution in [2.75, 3.05) is 13.2 Å². The number of aliphatic hydroxyl groups is 1. The third-order valence-electron chi connectivity index (χ3n) is 2.91. The fraction of sp³-hybridized carbons (Fsp3) is 0.615. The topological polar surface area (TPSA) is 54.3 Å². The Balaban J connectivity index is 2.40. The second-order valence-corrected chi connectivity index (χ2v) is 4.95. The van der Waals surface area contributed by atoms with Crippen LogP contribution in [-0.2, 0) is 6.54 Å². The van der Waals surface area contributed by atoms with E-state index in [0.717, 1.165) is 19.4 Å². The van der Waals surface area contributed by atoms with Gasteiger partial charge in [-0.05, 0) is 31.7 Å². The van der Waals surface area contributed by atoms with Gasteiger partial charge in [-0.1, -0.05) is 18.5 Å². The average molecular weight is 273 g/mol. The highest BCUT2D eigenvalue weighted by Crippen LogP contribution is 2.14. The molecule has 4 nitrogen and oxygen atoms in total. The van der Waals surface area contributed by atoms with Gasteiger partial charge in [0.05, 0.1) is 5.02 Å².